The molecule has 0 aromatic carbocycles. The molecule has 1 N–H and O–H groups in total. The Labute approximate surface area is 119 Å². The summed E-state index contributed by atoms with van der Waals surface area (Å²) in [6, 6.07) is 2.20. The van der Waals surface area contributed by atoms with Crippen molar-refractivity contribution in [3.63, 3.8) is 0 Å². The lowest BCUT2D eigenvalue weighted by molar-refractivity contribution is 0.425. The molecule has 2 rings (SSSR count). The summed E-state index contributed by atoms with van der Waals surface area (Å²) in [7, 11) is 0. The number of hydrogen-bond donors (Lipinski definition) is 1. The lowest BCUT2D eigenvalue weighted by atomic mass is 9.88. The number of aryl methyl sites for hydroxylation is 1. The van der Waals surface area contributed by atoms with Crippen LogP contribution in [0.15, 0.2) is 16.8 Å². The van der Waals surface area contributed by atoms with Crippen molar-refractivity contribution in [2.45, 2.75) is 53.0 Å². The predicted octanol–water partition coefficient (Wildman–Crippen LogP) is 3.56. The lowest BCUT2D eigenvalue weighted by Crippen LogP contribution is -2.19. The first-order valence-electron chi connectivity index (χ1n) is 6.85. The number of rotatable bonds is 3. The molecule has 0 unspecified atom stereocenters. The van der Waals surface area contributed by atoms with E-state index in [1.165, 1.54) is 0 Å². The Morgan fingerprint density at radius 1 is 1.25 bits per heavy atom. The third-order valence-electron chi connectivity index (χ3n) is 2.81. The zero-order valence-corrected chi connectivity index (χ0v) is 13.0. The summed E-state index contributed by atoms with van der Waals surface area (Å²) in [6.45, 7) is 12.4. The fourth-order valence-corrected chi connectivity index (χ4v) is 1.95. The van der Waals surface area contributed by atoms with Crippen LogP contribution in [0.3, 0.4) is 0 Å². The third-order valence-corrected chi connectivity index (χ3v) is 2.81. The molecule has 0 bridgehead atoms. The summed E-state index contributed by atoms with van der Waals surface area (Å²) in [5.74, 6) is 1.36. The van der Waals surface area contributed by atoms with Crippen molar-refractivity contribution in [2.75, 3.05) is 5.32 Å². The molecule has 0 saturated heterocycles. The summed E-state index contributed by atoms with van der Waals surface area (Å²) in [4.78, 5) is 9.03. The molecule has 0 atom stereocenters. The molecule has 108 valence electrons. The van der Waals surface area contributed by atoms with Gasteiger partial charge in [-0.05, 0) is 20.8 Å². The summed E-state index contributed by atoms with van der Waals surface area (Å²) in [5, 5.41) is 7.17. The zero-order chi connectivity index (χ0) is 14.9. The maximum Gasteiger partial charge on any atom is 0.223 e. The number of hydrogen-bond acceptors (Lipinski definition) is 5. The van der Waals surface area contributed by atoms with Gasteiger partial charge >= 0.3 is 0 Å². The van der Waals surface area contributed by atoms with E-state index in [4.69, 9.17) is 4.52 Å². The van der Waals surface area contributed by atoms with Gasteiger partial charge in [-0.2, -0.15) is 0 Å². The van der Waals surface area contributed by atoms with E-state index in [9.17, 15) is 0 Å². The van der Waals surface area contributed by atoms with Crippen LogP contribution in [0.1, 0.15) is 46.0 Å². The number of nitrogens with zero attached hydrogens (tertiary/aromatic N) is 3. The molecule has 5 nitrogen and oxygen atoms in total. The first-order chi connectivity index (χ1) is 9.27. The van der Waals surface area contributed by atoms with Gasteiger partial charge in [0.15, 0.2) is 5.76 Å². The van der Waals surface area contributed by atoms with Gasteiger partial charge in [-0.3, -0.25) is 0 Å². The van der Waals surface area contributed by atoms with Crippen LogP contribution in [0.5, 0.6) is 0 Å². The number of aromatic nitrogens is 3. The molecule has 2 aromatic rings. The van der Waals surface area contributed by atoms with Gasteiger partial charge in [0.2, 0.25) is 5.95 Å². The van der Waals surface area contributed by atoms with Crippen molar-refractivity contribution in [3.05, 3.63) is 23.7 Å². The number of nitrogens with one attached hydrogen (secondary N) is 1. The lowest BCUT2D eigenvalue weighted by Gasteiger charge is -2.21. The highest BCUT2D eigenvalue weighted by Crippen LogP contribution is 2.32. The van der Waals surface area contributed by atoms with Gasteiger partial charge in [0, 0.05) is 23.7 Å². The van der Waals surface area contributed by atoms with Gasteiger partial charge in [-0.1, -0.05) is 25.9 Å². The highest BCUT2D eigenvalue weighted by atomic mass is 16.5. The first-order valence-corrected chi connectivity index (χ1v) is 6.85. The van der Waals surface area contributed by atoms with Crippen LogP contribution in [0.2, 0.25) is 0 Å². The van der Waals surface area contributed by atoms with E-state index in [1.807, 2.05) is 13.0 Å². The maximum atomic E-state index is 5.36. The van der Waals surface area contributed by atoms with Gasteiger partial charge in [0.25, 0.3) is 0 Å². The summed E-state index contributed by atoms with van der Waals surface area (Å²) in [5.41, 5.74) is 2.59. The van der Waals surface area contributed by atoms with Gasteiger partial charge in [-0.15, -0.1) is 0 Å². The van der Waals surface area contributed by atoms with Crippen LogP contribution in [0.4, 0.5) is 5.95 Å². The highest BCUT2D eigenvalue weighted by molar-refractivity contribution is 5.62. The van der Waals surface area contributed by atoms with Gasteiger partial charge in [0.1, 0.15) is 0 Å². The van der Waals surface area contributed by atoms with Crippen LogP contribution >= 0.6 is 0 Å². The van der Waals surface area contributed by atoms with E-state index < -0.39 is 0 Å². The second-order valence-electron chi connectivity index (χ2n) is 6.34. The van der Waals surface area contributed by atoms with Crippen LogP contribution < -0.4 is 5.32 Å². The maximum absolute atomic E-state index is 5.36. The predicted molar refractivity (Wildman–Crippen MR) is 79.7 cm³/mol. The smallest absolute Gasteiger partial charge is 0.223 e. The minimum Gasteiger partial charge on any atom is -0.356 e. The topological polar surface area (TPSA) is 63.8 Å². The fraction of sp³-hybridized carbons (Fsp3) is 0.533. The highest BCUT2D eigenvalue weighted by Gasteiger charge is 2.24. The molecule has 0 spiro atoms. The molecule has 0 amide bonds. The average molecular weight is 274 g/mol. The third kappa shape index (κ3) is 3.15. The van der Waals surface area contributed by atoms with E-state index in [1.54, 1.807) is 6.20 Å². The van der Waals surface area contributed by atoms with Gasteiger partial charge < -0.3 is 9.84 Å². The Bertz CT molecular complexity index is 596. The van der Waals surface area contributed by atoms with Crippen molar-refractivity contribution in [1.82, 2.24) is 15.1 Å². The summed E-state index contributed by atoms with van der Waals surface area (Å²) >= 11 is 0. The SMILES string of the molecule is Cc1cc(-c2cnc(NC(C)C)nc2C(C)(C)C)on1. The largest absolute Gasteiger partial charge is 0.356 e. The normalized spacial score (nSPS) is 11.9. The molecular formula is C15H22N4O. The van der Waals surface area contributed by atoms with E-state index in [-0.39, 0.29) is 5.41 Å². The van der Waals surface area contributed by atoms with Crippen LogP contribution in [0.25, 0.3) is 11.3 Å². The Morgan fingerprint density at radius 2 is 1.95 bits per heavy atom. The molecule has 20 heavy (non-hydrogen) atoms. The Hall–Kier alpha value is -1.91. The van der Waals surface area contributed by atoms with E-state index in [0.29, 0.717) is 17.8 Å². The van der Waals surface area contributed by atoms with Crippen molar-refractivity contribution in [2.24, 2.45) is 0 Å². The molecule has 5 heteroatoms. The van der Waals surface area contributed by atoms with Gasteiger partial charge in [-0.25, -0.2) is 9.97 Å². The summed E-state index contributed by atoms with van der Waals surface area (Å²) < 4.78 is 5.36. The number of anilines is 1. The Balaban J connectivity index is 2.51. The quantitative estimate of drug-likeness (QED) is 0.927. The zero-order valence-electron chi connectivity index (χ0n) is 13.0. The average Bonchev–Trinajstić information content (AvgIpc) is 2.74. The first kappa shape index (κ1) is 14.5. The van der Waals surface area contributed by atoms with Crippen LogP contribution in [0, 0.1) is 6.92 Å². The van der Waals surface area contributed by atoms with Crippen molar-refractivity contribution >= 4 is 5.95 Å². The van der Waals surface area contributed by atoms with E-state index in [2.05, 4.69) is 55.1 Å². The molecule has 0 aliphatic carbocycles. The Kier molecular flexibility index (Phi) is 3.79. The summed E-state index contributed by atoms with van der Waals surface area (Å²) in [6.07, 6.45) is 1.80. The molecule has 0 aliphatic heterocycles. The van der Waals surface area contributed by atoms with Crippen molar-refractivity contribution in [1.29, 1.82) is 0 Å². The standard InChI is InChI=1S/C15H22N4O/c1-9(2)17-14-16-8-11(12-7-10(3)19-20-12)13(18-14)15(4,5)6/h7-9H,1-6H3,(H,16,17,18). The Morgan fingerprint density at radius 3 is 2.45 bits per heavy atom. The molecule has 2 aromatic heterocycles. The minimum atomic E-state index is -0.105. The van der Waals surface area contributed by atoms with Gasteiger partial charge in [0.05, 0.1) is 17.0 Å². The fourth-order valence-electron chi connectivity index (χ4n) is 1.95. The molecule has 0 aliphatic rings. The van der Waals surface area contributed by atoms with Crippen molar-refractivity contribution in [3.8, 4) is 11.3 Å². The van der Waals surface area contributed by atoms with Crippen LogP contribution in [-0.4, -0.2) is 21.2 Å². The monoisotopic (exact) mass is 274 g/mol. The van der Waals surface area contributed by atoms with E-state index in [0.717, 1.165) is 17.0 Å². The molecule has 2 heterocycles. The minimum absolute atomic E-state index is 0.105. The van der Waals surface area contributed by atoms with Crippen LogP contribution in [-0.2, 0) is 5.41 Å². The van der Waals surface area contributed by atoms with Crippen molar-refractivity contribution < 1.29 is 4.52 Å². The molecule has 0 fully saturated rings. The second-order valence-corrected chi connectivity index (χ2v) is 6.34. The van der Waals surface area contributed by atoms with E-state index >= 15 is 0 Å². The molecular weight excluding hydrogens is 252 g/mol. The molecule has 0 radical (unpaired) electrons. The second kappa shape index (κ2) is 5.23. The molecule has 0 saturated carbocycles.